The summed E-state index contributed by atoms with van der Waals surface area (Å²) in [5.41, 5.74) is 3.65. The molecule has 0 saturated carbocycles. The molecule has 2 N–H and O–H groups in total. The summed E-state index contributed by atoms with van der Waals surface area (Å²) in [5.74, 6) is 0.154. The lowest BCUT2D eigenvalue weighted by molar-refractivity contribution is -0.117. The number of hydrogen-bond acceptors (Lipinski definition) is 6. The maximum Gasteiger partial charge on any atom is 0.356 e. The number of benzene rings is 2. The third-order valence-electron chi connectivity index (χ3n) is 6.07. The van der Waals surface area contributed by atoms with Crippen molar-refractivity contribution in [2.24, 2.45) is 0 Å². The molecule has 33 heavy (non-hydrogen) atoms. The molecule has 0 radical (unpaired) electrons. The molecule has 1 atom stereocenters. The number of hydrogen-bond donors (Lipinski definition) is 2. The van der Waals surface area contributed by atoms with Crippen LogP contribution >= 0.6 is 0 Å². The van der Waals surface area contributed by atoms with Crippen LogP contribution in [0.5, 0.6) is 5.75 Å². The number of methoxy groups -OCH3 is 2. The molecule has 8 nitrogen and oxygen atoms in total. The van der Waals surface area contributed by atoms with Crippen molar-refractivity contribution in [3.8, 4) is 5.75 Å². The fourth-order valence-corrected chi connectivity index (χ4v) is 4.42. The molecule has 1 fully saturated rings. The molecule has 3 aromatic rings. The minimum atomic E-state index is -0.514. The molecule has 1 amide bonds. The predicted octanol–water partition coefficient (Wildman–Crippen LogP) is 3.42. The van der Waals surface area contributed by atoms with Crippen LogP contribution < -0.4 is 15.0 Å². The zero-order valence-electron chi connectivity index (χ0n) is 19.5. The van der Waals surface area contributed by atoms with Gasteiger partial charge in [0.15, 0.2) is 0 Å². The van der Waals surface area contributed by atoms with Crippen molar-refractivity contribution in [3.05, 3.63) is 53.7 Å². The normalized spacial score (nSPS) is 16.6. The van der Waals surface area contributed by atoms with Crippen LogP contribution in [0.2, 0.25) is 0 Å². The number of fused-ring (bicyclic) bond motifs is 1. The number of nitrogens with one attached hydrogen (secondary N) is 2. The van der Waals surface area contributed by atoms with Gasteiger partial charge in [0.05, 0.1) is 26.5 Å². The number of aromatic amines is 1. The van der Waals surface area contributed by atoms with E-state index in [-0.39, 0.29) is 24.2 Å². The average molecular weight is 451 g/mol. The molecule has 1 aliphatic rings. The topological polar surface area (TPSA) is 86.9 Å². The maximum atomic E-state index is 13.0. The molecular formula is C25H30N4O4. The third kappa shape index (κ3) is 4.80. The van der Waals surface area contributed by atoms with Gasteiger partial charge >= 0.3 is 5.97 Å². The van der Waals surface area contributed by atoms with Crippen LogP contribution in [-0.4, -0.2) is 68.2 Å². The van der Waals surface area contributed by atoms with Gasteiger partial charge in [0.1, 0.15) is 11.4 Å². The molecular weight excluding hydrogens is 420 g/mol. The van der Waals surface area contributed by atoms with Gasteiger partial charge in [-0.15, -0.1) is 0 Å². The number of anilines is 2. The van der Waals surface area contributed by atoms with Gasteiger partial charge in [0.25, 0.3) is 0 Å². The third-order valence-corrected chi connectivity index (χ3v) is 6.07. The van der Waals surface area contributed by atoms with Crippen molar-refractivity contribution in [2.75, 3.05) is 50.6 Å². The van der Waals surface area contributed by atoms with Crippen molar-refractivity contribution in [1.29, 1.82) is 0 Å². The summed E-state index contributed by atoms with van der Waals surface area (Å²) in [6, 6.07) is 14.1. The number of piperazine rings is 1. The van der Waals surface area contributed by atoms with Gasteiger partial charge in [-0.25, -0.2) is 4.79 Å². The Bertz CT molecular complexity index is 1170. The minimum absolute atomic E-state index is 0.162. The van der Waals surface area contributed by atoms with E-state index < -0.39 is 5.97 Å². The number of esters is 1. The van der Waals surface area contributed by atoms with E-state index in [2.05, 4.69) is 33.1 Å². The summed E-state index contributed by atoms with van der Waals surface area (Å²) in [7, 11) is 2.99. The van der Waals surface area contributed by atoms with Crippen LogP contribution in [0.3, 0.4) is 0 Å². The summed E-state index contributed by atoms with van der Waals surface area (Å²) in [6.07, 6.45) is 0. The lowest BCUT2D eigenvalue weighted by Crippen LogP contribution is -2.53. The molecule has 1 saturated heterocycles. The van der Waals surface area contributed by atoms with E-state index in [1.54, 1.807) is 7.11 Å². The number of amides is 1. The summed E-state index contributed by atoms with van der Waals surface area (Å²) in [4.78, 5) is 32.8. The number of aryl methyl sites for hydroxylation is 1. The highest BCUT2D eigenvalue weighted by Crippen LogP contribution is 2.30. The Kier molecular flexibility index (Phi) is 6.55. The van der Waals surface area contributed by atoms with E-state index in [0.29, 0.717) is 5.69 Å². The van der Waals surface area contributed by atoms with Crippen LogP contribution in [0.25, 0.3) is 10.9 Å². The first-order valence-corrected chi connectivity index (χ1v) is 11.0. The molecule has 0 aliphatic carbocycles. The van der Waals surface area contributed by atoms with Crippen molar-refractivity contribution < 1.29 is 19.1 Å². The number of carbonyl (C=O) groups is 2. The Morgan fingerprint density at radius 2 is 1.97 bits per heavy atom. The predicted molar refractivity (Wildman–Crippen MR) is 129 cm³/mol. The number of rotatable bonds is 6. The van der Waals surface area contributed by atoms with E-state index >= 15 is 0 Å². The largest absolute Gasteiger partial charge is 0.497 e. The Hall–Kier alpha value is -3.52. The summed E-state index contributed by atoms with van der Waals surface area (Å²) < 4.78 is 10.3. The lowest BCUT2D eigenvalue weighted by Gasteiger charge is -2.41. The van der Waals surface area contributed by atoms with Gasteiger partial charge in [0.2, 0.25) is 5.91 Å². The second-order valence-electron chi connectivity index (χ2n) is 8.44. The van der Waals surface area contributed by atoms with E-state index in [9.17, 15) is 9.59 Å². The van der Waals surface area contributed by atoms with Crippen LogP contribution in [0.15, 0.2) is 42.5 Å². The molecule has 0 bridgehead atoms. The van der Waals surface area contributed by atoms with E-state index in [4.69, 9.17) is 9.47 Å². The number of nitrogens with zero attached hydrogens (tertiary/aromatic N) is 2. The molecule has 2 heterocycles. The number of ether oxygens (including phenoxy) is 2. The fraction of sp³-hybridized carbons (Fsp3) is 0.360. The van der Waals surface area contributed by atoms with Gasteiger partial charge in [0, 0.05) is 48.3 Å². The van der Waals surface area contributed by atoms with Gasteiger partial charge in [-0.05, 0) is 38.1 Å². The first-order valence-electron chi connectivity index (χ1n) is 11.0. The van der Waals surface area contributed by atoms with Gasteiger partial charge in [-0.2, -0.15) is 0 Å². The zero-order valence-corrected chi connectivity index (χ0v) is 19.5. The Morgan fingerprint density at radius 3 is 2.70 bits per heavy atom. The molecule has 8 heteroatoms. The standard InChI is InChI=1S/C25H30N4O4/c1-16-8-9-21-20(12-16)23(24(26-21)25(31)33-4)27-22(30)15-28-10-11-29(17(2)14-28)18-6-5-7-19(13-18)32-3/h5-9,12-13,17,26H,10-11,14-15H2,1-4H3,(H,27,30)/t17-/m0/s1. The highest BCUT2D eigenvalue weighted by molar-refractivity contribution is 6.11. The molecule has 174 valence electrons. The van der Waals surface area contributed by atoms with E-state index in [0.717, 1.165) is 47.5 Å². The molecule has 4 rings (SSSR count). The molecule has 0 spiro atoms. The second-order valence-corrected chi connectivity index (χ2v) is 8.44. The average Bonchev–Trinajstić information content (AvgIpc) is 3.16. The quantitative estimate of drug-likeness (QED) is 0.560. The smallest absolute Gasteiger partial charge is 0.356 e. The first kappa shape index (κ1) is 22.7. The van der Waals surface area contributed by atoms with E-state index in [1.165, 1.54) is 7.11 Å². The maximum absolute atomic E-state index is 13.0. The van der Waals surface area contributed by atoms with Crippen molar-refractivity contribution in [3.63, 3.8) is 0 Å². The Morgan fingerprint density at radius 1 is 1.15 bits per heavy atom. The summed E-state index contributed by atoms with van der Waals surface area (Å²) in [6.45, 7) is 6.68. The van der Waals surface area contributed by atoms with E-state index in [1.807, 2.05) is 43.3 Å². The minimum Gasteiger partial charge on any atom is -0.497 e. The molecule has 1 aliphatic heterocycles. The zero-order chi connectivity index (χ0) is 23.5. The number of carbonyl (C=O) groups excluding carboxylic acids is 2. The fourth-order valence-electron chi connectivity index (χ4n) is 4.42. The van der Waals surface area contributed by atoms with Crippen molar-refractivity contribution in [1.82, 2.24) is 9.88 Å². The van der Waals surface area contributed by atoms with Gasteiger partial charge in [-0.1, -0.05) is 17.7 Å². The van der Waals surface area contributed by atoms with Crippen LogP contribution in [-0.2, 0) is 9.53 Å². The van der Waals surface area contributed by atoms with Gasteiger partial charge in [-0.3, -0.25) is 9.69 Å². The summed E-state index contributed by atoms with van der Waals surface area (Å²) >= 11 is 0. The van der Waals surface area contributed by atoms with Crippen LogP contribution in [0.1, 0.15) is 23.0 Å². The monoisotopic (exact) mass is 450 g/mol. The Labute approximate surface area is 193 Å². The molecule has 1 aromatic heterocycles. The van der Waals surface area contributed by atoms with Crippen LogP contribution in [0, 0.1) is 6.92 Å². The van der Waals surface area contributed by atoms with Crippen LogP contribution in [0.4, 0.5) is 11.4 Å². The van der Waals surface area contributed by atoms with Gasteiger partial charge < -0.3 is 24.7 Å². The molecule has 2 aromatic carbocycles. The molecule has 0 unspecified atom stereocenters. The summed E-state index contributed by atoms with van der Waals surface area (Å²) in [5, 5.41) is 3.74. The Balaban J connectivity index is 1.45. The highest BCUT2D eigenvalue weighted by atomic mass is 16.5. The highest BCUT2D eigenvalue weighted by Gasteiger charge is 2.26. The lowest BCUT2D eigenvalue weighted by atomic mass is 10.1. The number of H-pyrrole nitrogens is 1. The SMILES string of the molecule is COC(=O)c1[nH]c2ccc(C)cc2c1NC(=O)CN1CCN(c2cccc(OC)c2)[C@@H](C)C1. The first-order chi connectivity index (χ1) is 15.9. The second kappa shape index (κ2) is 9.54. The van der Waals surface area contributed by atoms with Crippen molar-refractivity contribution >= 4 is 34.2 Å². The van der Waals surface area contributed by atoms with Crippen molar-refractivity contribution in [2.45, 2.75) is 19.9 Å². The number of aromatic nitrogens is 1.